The van der Waals surface area contributed by atoms with Gasteiger partial charge in [-0.2, -0.15) is 0 Å². The number of benzene rings is 4. The number of aliphatic hydroxyl groups excluding tert-OH is 1. The first-order chi connectivity index (χ1) is 32.3. The zero-order valence-electron chi connectivity index (χ0n) is 44.9. The van der Waals surface area contributed by atoms with Crippen LogP contribution in [0.1, 0.15) is 183 Å². The van der Waals surface area contributed by atoms with Gasteiger partial charge in [-0.1, -0.05) is 210 Å². The molecule has 7 nitrogen and oxygen atoms in total. The standard InChI is InChI=1S/C10H14O.2C10H14.C9H12.C8H11N.C7H13N3O.C7H10O/c1-8(2)9-5-4-6-10(7-9)11-3;2*1-8(2)10-6-4-9(3)5-7-10;1-8(2)9-6-4-3-5-7-9;1-7(2)8-4-3-5-9-6-8;1-6(2)3-10-4-7(5-11)8-9-10;1-6(2)7-3-4-8-5-7/h4-8H,1-3H3;2*4-8H,1-3H3;3-8H,1-2H3;3-7H,1-2H3;4,6,11H,3,5H2,1-2H3;3-6H,1-2H3. The lowest BCUT2D eigenvalue weighted by Crippen LogP contribution is -2.04. The van der Waals surface area contributed by atoms with Gasteiger partial charge in [0, 0.05) is 18.9 Å². The van der Waals surface area contributed by atoms with Crippen LogP contribution in [0.2, 0.25) is 0 Å². The predicted octanol–water partition coefficient (Wildman–Crippen LogP) is 16.9. The van der Waals surface area contributed by atoms with Crippen molar-refractivity contribution in [1.82, 2.24) is 20.0 Å². The van der Waals surface area contributed by atoms with Gasteiger partial charge in [0.1, 0.15) is 11.4 Å². The Bertz CT molecular complexity index is 2130. The van der Waals surface area contributed by atoms with Crippen LogP contribution in [0, 0.1) is 19.8 Å². The molecular weight excluding hydrogens is 837 g/mol. The highest BCUT2D eigenvalue weighted by Crippen LogP contribution is 2.20. The van der Waals surface area contributed by atoms with E-state index in [0.29, 0.717) is 47.1 Å². The van der Waals surface area contributed by atoms with Gasteiger partial charge >= 0.3 is 0 Å². The minimum atomic E-state index is -0.0297. The van der Waals surface area contributed by atoms with Crippen LogP contribution in [0.25, 0.3) is 0 Å². The van der Waals surface area contributed by atoms with Crippen molar-refractivity contribution in [1.29, 1.82) is 0 Å². The van der Waals surface area contributed by atoms with E-state index in [4.69, 9.17) is 14.3 Å². The molecule has 3 heterocycles. The largest absolute Gasteiger partial charge is 0.497 e. The molecule has 7 heteroatoms. The van der Waals surface area contributed by atoms with Crippen molar-refractivity contribution in [2.75, 3.05) is 7.11 Å². The second kappa shape index (κ2) is 34.5. The molecule has 0 aliphatic heterocycles. The summed E-state index contributed by atoms with van der Waals surface area (Å²) in [7, 11) is 1.69. The Hall–Kier alpha value is -5.79. The van der Waals surface area contributed by atoms with Crippen molar-refractivity contribution < 1.29 is 14.3 Å². The lowest BCUT2D eigenvalue weighted by molar-refractivity contribution is 0.276. The number of methoxy groups -OCH3 is 1. The van der Waals surface area contributed by atoms with Gasteiger partial charge in [-0.25, -0.2) is 0 Å². The van der Waals surface area contributed by atoms with Crippen molar-refractivity contribution in [2.45, 2.75) is 159 Å². The number of pyridine rings is 1. The van der Waals surface area contributed by atoms with Gasteiger partial charge in [-0.3, -0.25) is 9.67 Å². The first kappa shape index (κ1) is 60.2. The van der Waals surface area contributed by atoms with E-state index in [1.54, 1.807) is 36.7 Å². The first-order valence-electron chi connectivity index (χ1n) is 24.5. The normalized spacial score (nSPS) is 10.4. The zero-order chi connectivity index (χ0) is 51.0. The number of aromatic nitrogens is 4. The molecular formula is C61H88N4O3. The summed E-state index contributed by atoms with van der Waals surface area (Å²) >= 11 is 0. The average Bonchev–Trinajstić information content (AvgIpc) is 4.05. The maximum atomic E-state index is 8.67. The Morgan fingerprint density at radius 3 is 1.34 bits per heavy atom. The molecule has 4 aromatic carbocycles. The van der Waals surface area contributed by atoms with Gasteiger partial charge < -0.3 is 14.3 Å². The maximum absolute atomic E-state index is 8.67. The summed E-state index contributed by atoms with van der Waals surface area (Å²) in [4.78, 5) is 4.01. The van der Waals surface area contributed by atoms with E-state index < -0.39 is 0 Å². The van der Waals surface area contributed by atoms with Gasteiger partial charge in [0.25, 0.3) is 0 Å². The molecule has 0 aliphatic rings. The van der Waals surface area contributed by atoms with Crippen LogP contribution >= 0.6 is 0 Å². The summed E-state index contributed by atoms with van der Waals surface area (Å²) in [6.45, 7) is 35.5. The van der Waals surface area contributed by atoms with Crippen molar-refractivity contribution >= 4 is 0 Å². The highest BCUT2D eigenvalue weighted by molar-refractivity contribution is 5.30. The molecule has 0 bridgehead atoms. The smallest absolute Gasteiger partial charge is 0.119 e. The third-order valence-electron chi connectivity index (χ3n) is 10.6. The topological polar surface area (TPSA) is 86.2 Å². The molecule has 0 fully saturated rings. The Kier molecular flexibility index (Phi) is 30.5. The lowest BCUT2D eigenvalue weighted by atomic mass is 10.0. The van der Waals surface area contributed by atoms with Crippen LogP contribution < -0.4 is 4.74 Å². The predicted molar refractivity (Wildman–Crippen MR) is 290 cm³/mol. The molecule has 0 radical (unpaired) electrons. The summed E-state index contributed by atoms with van der Waals surface area (Å²) in [5.74, 6) is 5.23. The number of aryl methyl sites for hydroxylation is 2. The molecule has 370 valence electrons. The zero-order valence-corrected chi connectivity index (χ0v) is 44.9. The molecule has 7 rings (SSSR count). The number of nitrogens with zero attached hydrogens (tertiary/aromatic N) is 4. The summed E-state index contributed by atoms with van der Waals surface area (Å²) in [6.07, 6.45) is 8.95. The number of hydrogen-bond donors (Lipinski definition) is 1. The van der Waals surface area contributed by atoms with E-state index >= 15 is 0 Å². The fourth-order valence-corrected chi connectivity index (χ4v) is 5.94. The third-order valence-corrected chi connectivity index (χ3v) is 10.6. The molecule has 0 saturated carbocycles. The molecule has 0 spiro atoms. The number of ether oxygens (including phenoxy) is 1. The van der Waals surface area contributed by atoms with E-state index in [9.17, 15) is 0 Å². The van der Waals surface area contributed by atoms with E-state index in [1.165, 1.54) is 44.5 Å². The van der Waals surface area contributed by atoms with Crippen molar-refractivity contribution in [2.24, 2.45) is 5.92 Å². The molecule has 0 unspecified atom stereocenters. The Labute approximate surface area is 413 Å². The number of rotatable bonds is 10. The summed E-state index contributed by atoms with van der Waals surface area (Å²) in [6, 6.07) is 42.2. The van der Waals surface area contributed by atoms with Crippen LogP contribution in [-0.2, 0) is 13.2 Å². The molecule has 7 aromatic rings. The van der Waals surface area contributed by atoms with Crippen LogP contribution in [0.3, 0.4) is 0 Å². The van der Waals surface area contributed by atoms with Crippen molar-refractivity contribution in [3.8, 4) is 5.75 Å². The van der Waals surface area contributed by atoms with Crippen molar-refractivity contribution in [3.05, 3.63) is 203 Å². The molecule has 1 N–H and O–H groups in total. The molecule has 3 aromatic heterocycles. The second-order valence-electron chi connectivity index (χ2n) is 19.3. The van der Waals surface area contributed by atoms with E-state index in [2.05, 4.69) is 217 Å². The van der Waals surface area contributed by atoms with Gasteiger partial charge in [0.2, 0.25) is 0 Å². The minimum Gasteiger partial charge on any atom is -0.497 e. The summed E-state index contributed by atoms with van der Waals surface area (Å²) in [5, 5.41) is 16.3. The average molecular weight is 925 g/mol. The van der Waals surface area contributed by atoms with Crippen LogP contribution in [0.5, 0.6) is 5.75 Å². The fraction of sp³-hybridized carbons (Fsp3) is 0.426. The number of hydrogen-bond acceptors (Lipinski definition) is 6. The van der Waals surface area contributed by atoms with Gasteiger partial charge in [0.05, 0.1) is 32.4 Å². The SMILES string of the molecule is CC(C)Cn1cc(CO)nn1.CC(C)c1ccccc1.CC(C)c1cccnc1.CC(C)c1ccoc1.COc1cccc(C(C)C)c1.Cc1ccc(C(C)C)cc1.Cc1ccc(C(C)C)cc1. The van der Waals surface area contributed by atoms with Gasteiger partial charge in [-0.05, 0) is 113 Å². The van der Waals surface area contributed by atoms with Gasteiger partial charge in [0.15, 0.2) is 0 Å². The quantitative estimate of drug-likeness (QED) is 0.147. The maximum Gasteiger partial charge on any atom is 0.119 e. The second-order valence-corrected chi connectivity index (χ2v) is 19.3. The van der Waals surface area contributed by atoms with E-state index in [1.807, 2.05) is 36.5 Å². The van der Waals surface area contributed by atoms with Crippen LogP contribution in [-0.4, -0.2) is 32.2 Å². The molecule has 0 saturated heterocycles. The first-order valence-corrected chi connectivity index (χ1v) is 24.5. The molecule has 0 aliphatic carbocycles. The van der Waals surface area contributed by atoms with Crippen LogP contribution in [0.4, 0.5) is 0 Å². The number of aliphatic hydroxyl groups is 1. The lowest BCUT2D eigenvalue weighted by Gasteiger charge is -2.06. The fourth-order valence-electron chi connectivity index (χ4n) is 5.94. The summed E-state index contributed by atoms with van der Waals surface area (Å²) in [5.41, 5.74) is 11.5. The Morgan fingerprint density at radius 1 is 0.529 bits per heavy atom. The molecule has 0 amide bonds. The van der Waals surface area contributed by atoms with E-state index in [-0.39, 0.29) is 6.61 Å². The Morgan fingerprint density at radius 2 is 1.00 bits per heavy atom. The van der Waals surface area contributed by atoms with Gasteiger partial charge in [-0.15, -0.1) is 5.10 Å². The van der Waals surface area contributed by atoms with Crippen molar-refractivity contribution in [3.63, 3.8) is 0 Å². The number of furan rings is 1. The third kappa shape index (κ3) is 27.1. The van der Waals surface area contributed by atoms with E-state index in [0.717, 1.165) is 12.3 Å². The minimum absolute atomic E-state index is 0.0297. The monoisotopic (exact) mass is 925 g/mol. The van der Waals surface area contributed by atoms with Crippen LogP contribution in [0.15, 0.2) is 157 Å². The summed E-state index contributed by atoms with van der Waals surface area (Å²) < 4.78 is 11.7. The molecule has 68 heavy (non-hydrogen) atoms. The highest BCUT2D eigenvalue weighted by atomic mass is 16.5. The Balaban J connectivity index is 0.000000398. The highest BCUT2D eigenvalue weighted by Gasteiger charge is 2.02. The molecule has 0 atom stereocenters.